The molecule has 0 aliphatic carbocycles. The Hall–Kier alpha value is -1.36. The normalized spacial score (nSPS) is 10.9. The van der Waals surface area contributed by atoms with Crippen LogP contribution in [0, 0.1) is 6.92 Å². The summed E-state index contributed by atoms with van der Waals surface area (Å²) >= 11 is 0. The molecule has 0 aliphatic heterocycles. The zero-order chi connectivity index (χ0) is 10.7. The Kier molecular flexibility index (Phi) is 3.24. The molecule has 2 N–H and O–H groups in total. The number of aromatic nitrogens is 2. The molecule has 0 atom stereocenters. The van der Waals surface area contributed by atoms with E-state index in [2.05, 4.69) is 9.97 Å². The lowest BCUT2D eigenvalue weighted by atomic mass is 10.2. The van der Waals surface area contributed by atoms with Gasteiger partial charge in [0, 0.05) is 13.0 Å². The predicted octanol–water partition coefficient (Wildman–Crippen LogP) is 0.520. The van der Waals surface area contributed by atoms with E-state index in [0.29, 0.717) is 17.9 Å². The van der Waals surface area contributed by atoms with Gasteiger partial charge in [0.1, 0.15) is 5.82 Å². The van der Waals surface area contributed by atoms with E-state index in [4.69, 9.17) is 5.11 Å². The summed E-state index contributed by atoms with van der Waals surface area (Å²) in [6.45, 7) is 2.56. The van der Waals surface area contributed by atoms with Crippen LogP contribution in [0.2, 0.25) is 0 Å². The van der Waals surface area contributed by atoms with Crippen LogP contribution in [0.1, 0.15) is 22.0 Å². The summed E-state index contributed by atoms with van der Waals surface area (Å²) in [6, 6.07) is 0. The van der Waals surface area contributed by atoms with E-state index >= 15 is 0 Å². The molecule has 0 bridgehead atoms. The number of imidazole rings is 1. The van der Waals surface area contributed by atoms with Crippen molar-refractivity contribution in [2.24, 2.45) is 0 Å². The third kappa shape index (κ3) is 2.56. The molecule has 5 nitrogen and oxygen atoms in total. The zero-order valence-corrected chi connectivity index (χ0v) is 8.66. The summed E-state index contributed by atoms with van der Waals surface area (Å²) in [6.07, 6.45) is 0.676. The highest BCUT2D eigenvalue weighted by Crippen LogP contribution is 2.06. The summed E-state index contributed by atoms with van der Waals surface area (Å²) in [4.78, 5) is 19.7. The van der Waals surface area contributed by atoms with Gasteiger partial charge in [-0.25, -0.2) is 9.78 Å². The van der Waals surface area contributed by atoms with E-state index in [1.807, 2.05) is 19.0 Å². The van der Waals surface area contributed by atoms with Crippen molar-refractivity contribution in [3.8, 4) is 0 Å². The molecule has 0 spiro atoms. The van der Waals surface area contributed by atoms with E-state index in [1.54, 1.807) is 6.92 Å². The molecule has 0 amide bonds. The number of carboxylic acid groups (broad SMARTS) is 1. The van der Waals surface area contributed by atoms with Crippen LogP contribution in [0.15, 0.2) is 0 Å². The van der Waals surface area contributed by atoms with Crippen LogP contribution in [0.5, 0.6) is 0 Å². The number of likely N-dealkylation sites (N-methyl/N-ethyl adjacent to an activating group) is 1. The molecule has 1 aromatic rings. The highest BCUT2D eigenvalue weighted by atomic mass is 16.4. The van der Waals surface area contributed by atoms with E-state index in [0.717, 1.165) is 6.54 Å². The van der Waals surface area contributed by atoms with Crippen LogP contribution in [0.4, 0.5) is 0 Å². The smallest absolute Gasteiger partial charge is 0.356 e. The number of nitrogens with one attached hydrogen (secondary N) is 1. The lowest BCUT2D eigenvalue weighted by Crippen LogP contribution is -2.16. The Labute approximate surface area is 82.8 Å². The fourth-order valence-corrected chi connectivity index (χ4v) is 1.23. The minimum Gasteiger partial charge on any atom is -0.476 e. The summed E-state index contributed by atoms with van der Waals surface area (Å²) in [7, 11) is 3.90. The number of aryl methyl sites for hydroxylation is 1. The van der Waals surface area contributed by atoms with Gasteiger partial charge in [-0.3, -0.25) is 0 Å². The van der Waals surface area contributed by atoms with Gasteiger partial charge in [0.15, 0.2) is 5.69 Å². The Morgan fingerprint density at radius 2 is 2.21 bits per heavy atom. The first-order chi connectivity index (χ1) is 6.50. The molecule has 1 aromatic heterocycles. The molecular formula is C9H15N3O2. The Morgan fingerprint density at radius 1 is 1.57 bits per heavy atom. The molecule has 0 saturated heterocycles. The third-order valence-electron chi connectivity index (χ3n) is 1.91. The van der Waals surface area contributed by atoms with Gasteiger partial charge < -0.3 is 15.0 Å². The quantitative estimate of drug-likeness (QED) is 0.738. The number of carbonyl (C=O) groups is 1. The standard InChI is InChI=1S/C9H15N3O2/c1-6-10-7(4-5-12(2)3)8(11-6)9(13)14/h4-5H2,1-3H3,(H,10,11)(H,13,14). The predicted molar refractivity (Wildman–Crippen MR) is 52.5 cm³/mol. The summed E-state index contributed by atoms with van der Waals surface area (Å²) in [5.41, 5.74) is 0.841. The second-order valence-corrected chi connectivity index (χ2v) is 3.51. The molecule has 0 aliphatic rings. The summed E-state index contributed by atoms with van der Waals surface area (Å²) in [5, 5.41) is 8.85. The molecule has 78 valence electrons. The van der Waals surface area contributed by atoms with Gasteiger partial charge >= 0.3 is 5.97 Å². The van der Waals surface area contributed by atoms with E-state index in [1.165, 1.54) is 0 Å². The van der Waals surface area contributed by atoms with Gasteiger partial charge in [0.25, 0.3) is 0 Å². The number of aromatic amines is 1. The fourth-order valence-electron chi connectivity index (χ4n) is 1.23. The third-order valence-corrected chi connectivity index (χ3v) is 1.91. The maximum Gasteiger partial charge on any atom is 0.356 e. The van der Waals surface area contributed by atoms with E-state index in [-0.39, 0.29) is 5.69 Å². The van der Waals surface area contributed by atoms with Crippen molar-refractivity contribution >= 4 is 5.97 Å². The average Bonchev–Trinajstić information content (AvgIpc) is 2.43. The van der Waals surface area contributed by atoms with Gasteiger partial charge in [0.2, 0.25) is 0 Å². The molecule has 0 fully saturated rings. The van der Waals surface area contributed by atoms with Crippen LogP contribution in [0.25, 0.3) is 0 Å². The first kappa shape index (κ1) is 10.7. The van der Waals surface area contributed by atoms with Crippen molar-refractivity contribution in [3.63, 3.8) is 0 Å². The maximum absolute atomic E-state index is 10.8. The van der Waals surface area contributed by atoms with Crippen LogP contribution in [-0.4, -0.2) is 46.6 Å². The van der Waals surface area contributed by atoms with Crippen molar-refractivity contribution in [1.29, 1.82) is 0 Å². The molecule has 5 heteroatoms. The maximum atomic E-state index is 10.8. The monoisotopic (exact) mass is 197 g/mol. The highest BCUT2D eigenvalue weighted by Gasteiger charge is 2.14. The lowest BCUT2D eigenvalue weighted by molar-refractivity contribution is 0.0689. The van der Waals surface area contributed by atoms with Crippen molar-refractivity contribution < 1.29 is 9.90 Å². The number of hydrogen-bond donors (Lipinski definition) is 2. The largest absolute Gasteiger partial charge is 0.476 e. The van der Waals surface area contributed by atoms with Gasteiger partial charge in [0.05, 0.1) is 5.69 Å². The topological polar surface area (TPSA) is 69.2 Å². The van der Waals surface area contributed by atoms with Crippen LogP contribution in [-0.2, 0) is 6.42 Å². The SMILES string of the molecule is Cc1nc(C(=O)O)c(CCN(C)C)[nH]1. The first-order valence-electron chi connectivity index (χ1n) is 4.44. The van der Waals surface area contributed by atoms with Crippen molar-refractivity contribution in [2.75, 3.05) is 20.6 Å². The number of H-pyrrole nitrogens is 1. The van der Waals surface area contributed by atoms with Crippen molar-refractivity contribution in [3.05, 3.63) is 17.2 Å². The van der Waals surface area contributed by atoms with Crippen LogP contribution >= 0.6 is 0 Å². The van der Waals surface area contributed by atoms with Gasteiger partial charge in [-0.2, -0.15) is 0 Å². The highest BCUT2D eigenvalue weighted by molar-refractivity contribution is 5.86. The number of aromatic carboxylic acids is 1. The van der Waals surface area contributed by atoms with Gasteiger partial charge in [-0.1, -0.05) is 0 Å². The minimum absolute atomic E-state index is 0.143. The van der Waals surface area contributed by atoms with Crippen molar-refractivity contribution in [1.82, 2.24) is 14.9 Å². The van der Waals surface area contributed by atoms with Gasteiger partial charge in [-0.15, -0.1) is 0 Å². The average molecular weight is 197 g/mol. The van der Waals surface area contributed by atoms with Crippen LogP contribution < -0.4 is 0 Å². The molecule has 1 rings (SSSR count). The Bertz CT molecular complexity index is 331. The molecule has 0 unspecified atom stereocenters. The Balaban J connectivity index is 2.79. The Morgan fingerprint density at radius 3 is 2.71 bits per heavy atom. The van der Waals surface area contributed by atoms with Gasteiger partial charge in [-0.05, 0) is 21.0 Å². The van der Waals surface area contributed by atoms with E-state index < -0.39 is 5.97 Å². The summed E-state index contributed by atoms with van der Waals surface area (Å²) < 4.78 is 0. The van der Waals surface area contributed by atoms with Crippen molar-refractivity contribution in [2.45, 2.75) is 13.3 Å². The second kappa shape index (κ2) is 4.23. The fraction of sp³-hybridized carbons (Fsp3) is 0.556. The number of nitrogens with zero attached hydrogens (tertiary/aromatic N) is 2. The molecule has 1 heterocycles. The lowest BCUT2D eigenvalue weighted by Gasteiger charge is -2.07. The number of carboxylic acids is 1. The first-order valence-corrected chi connectivity index (χ1v) is 4.44. The number of hydrogen-bond acceptors (Lipinski definition) is 3. The molecule has 0 saturated carbocycles. The summed E-state index contributed by atoms with van der Waals surface area (Å²) in [5.74, 6) is -0.320. The second-order valence-electron chi connectivity index (χ2n) is 3.51. The molecular weight excluding hydrogens is 182 g/mol. The number of rotatable bonds is 4. The zero-order valence-electron chi connectivity index (χ0n) is 8.66. The molecule has 0 radical (unpaired) electrons. The molecule has 14 heavy (non-hydrogen) atoms. The molecule has 0 aromatic carbocycles. The van der Waals surface area contributed by atoms with Crippen LogP contribution in [0.3, 0.4) is 0 Å². The minimum atomic E-state index is -0.969. The van der Waals surface area contributed by atoms with E-state index in [9.17, 15) is 4.79 Å².